The summed E-state index contributed by atoms with van der Waals surface area (Å²) in [6, 6.07) is 17.5. The van der Waals surface area contributed by atoms with Gasteiger partial charge in [-0.25, -0.2) is 4.39 Å². The van der Waals surface area contributed by atoms with Crippen LogP contribution in [0.3, 0.4) is 0 Å². The van der Waals surface area contributed by atoms with Gasteiger partial charge in [0.05, 0.1) is 0 Å². The van der Waals surface area contributed by atoms with E-state index in [4.69, 9.17) is 0 Å². The van der Waals surface area contributed by atoms with E-state index in [0.29, 0.717) is 11.8 Å². The lowest BCUT2D eigenvalue weighted by Crippen LogP contribution is -1.88. The van der Waals surface area contributed by atoms with Gasteiger partial charge in [-0.05, 0) is 35.4 Å². The van der Waals surface area contributed by atoms with Crippen molar-refractivity contribution >= 4 is 0 Å². The van der Waals surface area contributed by atoms with Crippen molar-refractivity contribution < 1.29 is 4.39 Å². The maximum Gasteiger partial charge on any atom is 0.126 e. The van der Waals surface area contributed by atoms with Crippen LogP contribution in [-0.4, -0.2) is 0 Å². The van der Waals surface area contributed by atoms with E-state index in [0.717, 1.165) is 12.0 Å². The van der Waals surface area contributed by atoms with Crippen molar-refractivity contribution in [2.45, 2.75) is 18.3 Å². The van der Waals surface area contributed by atoms with Gasteiger partial charge in [0.15, 0.2) is 0 Å². The van der Waals surface area contributed by atoms with Gasteiger partial charge in [0, 0.05) is 0 Å². The molecule has 3 rings (SSSR count). The molecule has 2 aromatic rings. The van der Waals surface area contributed by atoms with Gasteiger partial charge >= 0.3 is 0 Å². The summed E-state index contributed by atoms with van der Waals surface area (Å²) in [5, 5.41) is 0. The smallest absolute Gasteiger partial charge is 0.126 e. The molecular weight excluding hydrogens is 199 g/mol. The Hall–Kier alpha value is -1.63. The van der Waals surface area contributed by atoms with E-state index in [2.05, 4.69) is 12.1 Å². The van der Waals surface area contributed by atoms with Crippen LogP contribution in [0.5, 0.6) is 0 Å². The second kappa shape index (κ2) is 3.75. The SMILES string of the molecule is Fc1ccccc1[C@H]1C[C@@H]1c1ccccc1. The molecule has 0 nitrogen and oxygen atoms in total. The summed E-state index contributed by atoms with van der Waals surface area (Å²) in [4.78, 5) is 0. The zero-order chi connectivity index (χ0) is 11.0. The Morgan fingerprint density at radius 1 is 0.812 bits per heavy atom. The summed E-state index contributed by atoms with van der Waals surface area (Å²) in [6.45, 7) is 0. The third-order valence-electron chi connectivity index (χ3n) is 3.32. The van der Waals surface area contributed by atoms with Gasteiger partial charge in [-0.2, -0.15) is 0 Å². The highest BCUT2D eigenvalue weighted by atomic mass is 19.1. The minimum Gasteiger partial charge on any atom is -0.207 e. The predicted molar refractivity (Wildman–Crippen MR) is 62.9 cm³/mol. The number of halogens is 1. The Kier molecular flexibility index (Phi) is 2.24. The lowest BCUT2D eigenvalue weighted by molar-refractivity contribution is 0.609. The van der Waals surface area contributed by atoms with Crippen molar-refractivity contribution in [2.75, 3.05) is 0 Å². The molecule has 0 aromatic heterocycles. The molecule has 0 amide bonds. The molecule has 0 saturated heterocycles. The molecule has 80 valence electrons. The molecule has 1 fully saturated rings. The van der Waals surface area contributed by atoms with Crippen LogP contribution in [0.1, 0.15) is 29.4 Å². The summed E-state index contributed by atoms with van der Waals surface area (Å²) in [5.41, 5.74) is 2.20. The van der Waals surface area contributed by atoms with Gasteiger partial charge in [-0.3, -0.25) is 0 Å². The van der Waals surface area contributed by atoms with Crippen LogP contribution < -0.4 is 0 Å². The van der Waals surface area contributed by atoms with E-state index in [1.165, 1.54) is 5.56 Å². The minimum atomic E-state index is -0.0640. The molecule has 0 heterocycles. The molecule has 0 aliphatic heterocycles. The molecule has 1 aliphatic carbocycles. The Labute approximate surface area is 94.7 Å². The molecule has 1 aliphatic rings. The highest BCUT2D eigenvalue weighted by Gasteiger charge is 2.40. The van der Waals surface area contributed by atoms with Crippen LogP contribution in [0.2, 0.25) is 0 Å². The van der Waals surface area contributed by atoms with Gasteiger partial charge in [0.2, 0.25) is 0 Å². The topological polar surface area (TPSA) is 0 Å². The van der Waals surface area contributed by atoms with E-state index in [1.54, 1.807) is 12.1 Å². The predicted octanol–water partition coefficient (Wildman–Crippen LogP) is 4.10. The summed E-state index contributed by atoms with van der Waals surface area (Å²) >= 11 is 0. The zero-order valence-corrected chi connectivity index (χ0v) is 8.94. The van der Waals surface area contributed by atoms with Gasteiger partial charge in [-0.15, -0.1) is 0 Å². The monoisotopic (exact) mass is 212 g/mol. The second-order valence-corrected chi connectivity index (χ2v) is 4.38. The van der Waals surface area contributed by atoms with Crippen molar-refractivity contribution in [1.29, 1.82) is 0 Å². The largest absolute Gasteiger partial charge is 0.207 e. The molecule has 2 atom stereocenters. The van der Waals surface area contributed by atoms with Gasteiger partial charge in [0.25, 0.3) is 0 Å². The average Bonchev–Trinajstić information content (AvgIpc) is 3.11. The Bertz CT molecular complexity index is 490. The lowest BCUT2D eigenvalue weighted by Gasteiger charge is -2.02. The standard InChI is InChI=1S/C15H13F/c16-15-9-5-4-8-12(15)14-10-13(14)11-6-2-1-3-7-11/h1-9,13-14H,10H2/t13-,14-/m1/s1. The van der Waals surface area contributed by atoms with Crippen molar-refractivity contribution in [3.05, 3.63) is 71.5 Å². The van der Waals surface area contributed by atoms with Crippen LogP contribution in [0, 0.1) is 5.82 Å². The zero-order valence-electron chi connectivity index (χ0n) is 8.94. The first kappa shape index (κ1) is 9.59. The van der Waals surface area contributed by atoms with Crippen LogP contribution in [0.4, 0.5) is 4.39 Å². The van der Waals surface area contributed by atoms with Crippen molar-refractivity contribution in [3.63, 3.8) is 0 Å². The number of hydrogen-bond acceptors (Lipinski definition) is 0. The lowest BCUT2D eigenvalue weighted by atomic mass is 10.0. The minimum absolute atomic E-state index is 0.0640. The van der Waals surface area contributed by atoms with E-state index < -0.39 is 0 Å². The average molecular weight is 212 g/mol. The van der Waals surface area contributed by atoms with Gasteiger partial charge in [0.1, 0.15) is 5.82 Å². The summed E-state index contributed by atoms with van der Waals surface area (Å²) in [5.74, 6) is 0.827. The first-order valence-electron chi connectivity index (χ1n) is 5.65. The first-order valence-corrected chi connectivity index (χ1v) is 5.65. The maximum atomic E-state index is 13.6. The number of benzene rings is 2. The third-order valence-corrected chi connectivity index (χ3v) is 3.32. The van der Waals surface area contributed by atoms with E-state index in [1.807, 2.05) is 30.3 Å². The molecule has 1 saturated carbocycles. The van der Waals surface area contributed by atoms with Crippen LogP contribution >= 0.6 is 0 Å². The molecule has 0 spiro atoms. The molecule has 1 heteroatoms. The number of hydrogen-bond donors (Lipinski definition) is 0. The normalized spacial score (nSPS) is 23.1. The Morgan fingerprint density at radius 2 is 1.50 bits per heavy atom. The molecule has 2 aromatic carbocycles. The highest BCUT2D eigenvalue weighted by Crippen LogP contribution is 2.54. The van der Waals surface area contributed by atoms with Crippen LogP contribution in [-0.2, 0) is 0 Å². The summed E-state index contributed by atoms with van der Waals surface area (Å²) < 4.78 is 13.6. The second-order valence-electron chi connectivity index (χ2n) is 4.38. The van der Waals surface area contributed by atoms with Crippen LogP contribution in [0.15, 0.2) is 54.6 Å². The fraction of sp³-hybridized carbons (Fsp3) is 0.200. The van der Waals surface area contributed by atoms with E-state index in [-0.39, 0.29) is 5.82 Å². The van der Waals surface area contributed by atoms with Gasteiger partial charge in [-0.1, -0.05) is 48.5 Å². The quantitative estimate of drug-likeness (QED) is 0.703. The fourth-order valence-corrected chi connectivity index (χ4v) is 2.38. The van der Waals surface area contributed by atoms with Crippen LogP contribution in [0.25, 0.3) is 0 Å². The molecule has 0 unspecified atom stereocenters. The Morgan fingerprint density at radius 3 is 2.25 bits per heavy atom. The van der Waals surface area contributed by atoms with Crippen molar-refractivity contribution in [2.24, 2.45) is 0 Å². The summed E-state index contributed by atoms with van der Waals surface area (Å²) in [7, 11) is 0. The first-order chi connectivity index (χ1) is 7.86. The van der Waals surface area contributed by atoms with Crippen molar-refractivity contribution in [1.82, 2.24) is 0 Å². The molecule has 0 N–H and O–H groups in total. The Balaban J connectivity index is 1.85. The third kappa shape index (κ3) is 1.63. The maximum absolute atomic E-state index is 13.6. The fourth-order valence-electron chi connectivity index (χ4n) is 2.38. The molecule has 0 bridgehead atoms. The molecule has 16 heavy (non-hydrogen) atoms. The molecule has 0 radical (unpaired) electrons. The van der Waals surface area contributed by atoms with E-state index in [9.17, 15) is 4.39 Å². The highest BCUT2D eigenvalue weighted by molar-refractivity contribution is 5.36. The van der Waals surface area contributed by atoms with E-state index >= 15 is 0 Å². The van der Waals surface area contributed by atoms with Crippen molar-refractivity contribution in [3.8, 4) is 0 Å². The van der Waals surface area contributed by atoms with Gasteiger partial charge < -0.3 is 0 Å². The molecular formula is C15H13F. The summed E-state index contributed by atoms with van der Waals surface area (Å²) in [6.07, 6.45) is 1.07. The number of rotatable bonds is 2.